The van der Waals surface area contributed by atoms with Gasteiger partial charge in [-0.05, 0) is 44.9 Å². The highest BCUT2D eigenvalue weighted by molar-refractivity contribution is 7.14. The van der Waals surface area contributed by atoms with E-state index in [-0.39, 0.29) is 0 Å². The molecule has 1 aromatic carbocycles. The number of nitrogens with two attached hydrogens (primary N) is 1. The molecule has 2 heterocycles. The molecule has 0 spiro atoms. The Morgan fingerprint density at radius 2 is 2.19 bits per heavy atom. The highest BCUT2D eigenvalue weighted by Gasteiger charge is 2.20. The number of aryl methyl sites for hydroxylation is 1. The number of nitrogen functional groups attached to an aromatic ring is 1. The molecule has 2 aromatic rings. The molecule has 0 aliphatic carbocycles. The molecule has 1 unspecified atom stereocenters. The molecule has 0 amide bonds. The predicted octanol–water partition coefficient (Wildman–Crippen LogP) is 3.83. The van der Waals surface area contributed by atoms with Gasteiger partial charge in [0.1, 0.15) is 10.7 Å². The van der Waals surface area contributed by atoms with Crippen LogP contribution in [0.15, 0.2) is 28.4 Å². The van der Waals surface area contributed by atoms with E-state index in [1.807, 2.05) is 19.1 Å². The second-order valence-electron chi connectivity index (χ2n) is 5.23. The van der Waals surface area contributed by atoms with E-state index in [1.54, 1.807) is 0 Å². The lowest BCUT2D eigenvalue weighted by Crippen LogP contribution is -2.26. The minimum Gasteiger partial charge on any atom is -0.397 e. The molecule has 1 aromatic heterocycles. The van der Waals surface area contributed by atoms with Crippen LogP contribution in [0.5, 0.6) is 0 Å². The molecular weight excluding hydrogens is 284 g/mol. The summed E-state index contributed by atoms with van der Waals surface area (Å²) in [5.41, 5.74) is 8.55. The minimum atomic E-state index is 0.546. The molecule has 0 bridgehead atoms. The van der Waals surface area contributed by atoms with Crippen LogP contribution in [0.25, 0.3) is 0 Å². The molecule has 1 aliphatic heterocycles. The summed E-state index contributed by atoms with van der Waals surface area (Å²) in [4.78, 5) is 2.38. The summed E-state index contributed by atoms with van der Waals surface area (Å²) in [5, 5.41) is 17.5. The first-order valence-electron chi connectivity index (χ1n) is 7.01. The van der Waals surface area contributed by atoms with Crippen LogP contribution < -0.4 is 10.6 Å². The van der Waals surface area contributed by atoms with Crippen LogP contribution in [0.1, 0.15) is 24.8 Å². The number of azo groups is 1. The third-order valence-corrected chi connectivity index (χ3v) is 4.38. The normalized spacial score (nSPS) is 18.8. The van der Waals surface area contributed by atoms with Gasteiger partial charge in [0.15, 0.2) is 0 Å². The third-order valence-electron chi connectivity index (χ3n) is 3.65. The monoisotopic (exact) mass is 302 g/mol. The Kier molecular flexibility index (Phi) is 3.83. The largest absolute Gasteiger partial charge is 0.397 e. The van der Waals surface area contributed by atoms with Gasteiger partial charge in [0.25, 0.3) is 5.13 Å². The molecule has 1 atom stereocenters. The van der Waals surface area contributed by atoms with Crippen molar-refractivity contribution >= 4 is 33.5 Å². The maximum Gasteiger partial charge on any atom is 0.251 e. The number of rotatable bonds is 3. The zero-order valence-electron chi connectivity index (χ0n) is 12.2. The Morgan fingerprint density at radius 1 is 1.33 bits per heavy atom. The molecule has 7 heteroatoms. The Labute approximate surface area is 127 Å². The van der Waals surface area contributed by atoms with E-state index in [9.17, 15) is 0 Å². The van der Waals surface area contributed by atoms with Gasteiger partial charge in [-0.1, -0.05) is 11.3 Å². The van der Waals surface area contributed by atoms with Crippen LogP contribution in [0.4, 0.5) is 22.2 Å². The number of benzene rings is 1. The van der Waals surface area contributed by atoms with Gasteiger partial charge >= 0.3 is 0 Å². The van der Waals surface area contributed by atoms with Gasteiger partial charge in [0.05, 0.1) is 5.69 Å². The van der Waals surface area contributed by atoms with Crippen molar-refractivity contribution in [1.29, 1.82) is 0 Å². The zero-order chi connectivity index (χ0) is 14.8. The maximum atomic E-state index is 6.09. The summed E-state index contributed by atoms with van der Waals surface area (Å²) in [6.45, 7) is 5.22. The van der Waals surface area contributed by atoms with Gasteiger partial charge in [-0.2, -0.15) is 0 Å². The SMILES string of the molecule is Cc1nnc(N=Nc2ccc(N3CCCC3C)cc2N)s1. The minimum absolute atomic E-state index is 0.546. The van der Waals surface area contributed by atoms with Crippen LogP contribution in [-0.4, -0.2) is 22.8 Å². The molecule has 3 rings (SSSR count). The average molecular weight is 302 g/mol. The first kappa shape index (κ1) is 13.9. The van der Waals surface area contributed by atoms with E-state index >= 15 is 0 Å². The van der Waals surface area contributed by atoms with E-state index in [2.05, 4.69) is 38.3 Å². The number of hydrogen-bond donors (Lipinski definition) is 1. The Bertz CT molecular complexity index is 665. The van der Waals surface area contributed by atoms with Crippen LogP contribution in [-0.2, 0) is 0 Å². The zero-order valence-corrected chi connectivity index (χ0v) is 13.0. The predicted molar refractivity (Wildman–Crippen MR) is 85.7 cm³/mol. The summed E-state index contributed by atoms with van der Waals surface area (Å²) in [6, 6.07) is 6.51. The number of aromatic nitrogens is 2. The highest BCUT2D eigenvalue weighted by atomic mass is 32.1. The van der Waals surface area contributed by atoms with Crippen LogP contribution >= 0.6 is 11.3 Å². The summed E-state index contributed by atoms with van der Waals surface area (Å²) in [7, 11) is 0. The van der Waals surface area contributed by atoms with Gasteiger partial charge in [0, 0.05) is 18.3 Å². The number of nitrogens with zero attached hydrogens (tertiary/aromatic N) is 5. The van der Waals surface area contributed by atoms with E-state index < -0.39 is 0 Å². The third kappa shape index (κ3) is 3.02. The Hall–Kier alpha value is -2.02. The van der Waals surface area contributed by atoms with E-state index in [0.717, 1.165) is 17.2 Å². The van der Waals surface area contributed by atoms with Gasteiger partial charge in [-0.15, -0.1) is 20.4 Å². The molecule has 0 saturated carbocycles. The number of hydrogen-bond acceptors (Lipinski definition) is 7. The van der Waals surface area contributed by atoms with Crippen LogP contribution in [0.3, 0.4) is 0 Å². The van der Waals surface area contributed by atoms with Crippen molar-refractivity contribution in [2.24, 2.45) is 10.2 Å². The summed E-state index contributed by atoms with van der Waals surface area (Å²) in [5.74, 6) is 0. The topological polar surface area (TPSA) is 79.8 Å². The molecule has 2 N–H and O–H groups in total. The Morgan fingerprint density at radius 3 is 2.81 bits per heavy atom. The lowest BCUT2D eigenvalue weighted by Gasteiger charge is -2.24. The molecule has 1 fully saturated rings. The lowest BCUT2D eigenvalue weighted by molar-refractivity contribution is 0.735. The summed E-state index contributed by atoms with van der Waals surface area (Å²) in [6.07, 6.45) is 2.47. The fourth-order valence-electron chi connectivity index (χ4n) is 2.55. The van der Waals surface area contributed by atoms with Crippen molar-refractivity contribution in [1.82, 2.24) is 10.2 Å². The molecule has 6 nitrogen and oxygen atoms in total. The van der Waals surface area contributed by atoms with Gasteiger partial charge < -0.3 is 10.6 Å². The van der Waals surface area contributed by atoms with Crippen molar-refractivity contribution in [3.05, 3.63) is 23.2 Å². The number of anilines is 2. The van der Waals surface area contributed by atoms with E-state index in [0.29, 0.717) is 22.5 Å². The Balaban J connectivity index is 1.79. The molecule has 1 saturated heterocycles. The molecule has 0 radical (unpaired) electrons. The van der Waals surface area contributed by atoms with Crippen LogP contribution in [0, 0.1) is 6.92 Å². The molecule has 110 valence electrons. The van der Waals surface area contributed by atoms with Crippen molar-refractivity contribution < 1.29 is 0 Å². The first-order chi connectivity index (χ1) is 10.1. The van der Waals surface area contributed by atoms with Crippen molar-refractivity contribution in [3.8, 4) is 0 Å². The van der Waals surface area contributed by atoms with Gasteiger partial charge in [-0.25, -0.2) is 0 Å². The second-order valence-corrected chi connectivity index (χ2v) is 6.39. The first-order valence-corrected chi connectivity index (χ1v) is 7.83. The summed E-state index contributed by atoms with van der Waals surface area (Å²) >= 11 is 1.41. The van der Waals surface area contributed by atoms with Crippen LogP contribution in [0.2, 0.25) is 0 Å². The van der Waals surface area contributed by atoms with E-state index in [4.69, 9.17) is 5.73 Å². The molecule has 1 aliphatic rings. The fraction of sp³-hybridized carbons (Fsp3) is 0.429. The quantitative estimate of drug-likeness (QED) is 0.690. The maximum absolute atomic E-state index is 6.09. The van der Waals surface area contributed by atoms with Gasteiger partial charge in [0.2, 0.25) is 0 Å². The second kappa shape index (κ2) is 5.77. The fourth-order valence-corrected chi connectivity index (χ4v) is 3.06. The van der Waals surface area contributed by atoms with Crippen molar-refractivity contribution in [3.63, 3.8) is 0 Å². The molecule has 21 heavy (non-hydrogen) atoms. The van der Waals surface area contributed by atoms with Crippen molar-refractivity contribution in [2.45, 2.75) is 32.7 Å². The van der Waals surface area contributed by atoms with Gasteiger partial charge in [-0.3, -0.25) is 0 Å². The smallest absolute Gasteiger partial charge is 0.251 e. The highest BCUT2D eigenvalue weighted by Crippen LogP contribution is 2.32. The van der Waals surface area contributed by atoms with Crippen molar-refractivity contribution in [2.75, 3.05) is 17.2 Å². The average Bonchev–Trinajstić information content (AvgIpc) is 3.06. The standard InChI is InChI=1S/C14H18N6S/c1-9-4-3-7-20(9)11-5-6-13(12(15)8-11)17-19-14-18-16-10(2)21-14/h5-6,8-9H,3-4,7,15H2,1-2H3. The molecular formula is C14H18N6S. The lowest BCUT2D eigenvalue weighted by atomic mass is 10.2. The van der Waals surface area contributed by atoms with E-state index in [1.165, 1.54) is 24.2 Å². The summed E-state index contributed by atoms with van der Waals surface area (Å²) < 4.78 is 0.